The molecule has 4 heteroatoms. The Balaban J connectivity index is 2.59. The zero-order valence-electron chi connectivity index (χ0n) is 10.2. The van der Waals surface area contributed by atoms with Crippen molar-refractivity contribution in [3.63, 3.8) is 0 Å². The first-order valence-corrected chi connectivity index (χ1v) is 5.88. The minimum absolute atomic E-state index is 0.150. The SMILES string of the molecule is OCCCC#Cc1cncc(C#CCCCO)n1. The minimum Gasteiger partial charge on any atom is -0.396 e. The molecule has 0 amide bonds. The van der Waals surface area contributed by atoms with Crippen LogP contribution in [0.25, 0.3) is 0 Å². The summed E-state index contributed by atoms with van der Waals surface area (Å²) in [4.78, 5) is 8.25. The Morgan fingerprint density at radius 2 is 1.39 bits per heavy atom. The van der Waals surface area contributed by atoms with E-state index in [9.17, 15) is 0 Å². The lowest BCUT2D eigenvalue weighted by Crippen LogP contribution is -1.90. The van der Waals surface area contributed by atoms with Crippen molar-refractivity contribution in [1.29, 1.82) is 0 Å². The van der Waals surface area contributed by atoms with Crippen LogP contribution >= 0.6 is 0 Å². The normalized spacial score (nSPS) is 9.00. The van der Waals surface area contributed by atoms with E-state index in [2.05, 4.69) is 33.6 Å². The van der Waals surface area contributed by atoms with Gasteiger partial charge in [0.25, 0.3) is 0 Å². The van der Waals surface area contributed by atoms with Crippen LogP contribution in [0.2, 0.25) is 0 Å². The lowest BCUT2D eigenvalue weighted by Gasteiger charge is -1.91. The average Bonchev–Trinajstić information content (AvgIpc) is 2.40. The Kier molecular flexibility index (Phi) is 7.23. The Morgan fingerprint density at radius 1 is 0.889 bits per heavy atom. The average molecular weight is 244 g/mol. The zero-order chi connectivity index (χ0) is 13.1. The first-order chi connectivity index (χ1) is 8.86. The van der Waals surface area contributed by atoms with Crippen LogP contribution in [0.4, 0.5) is 0 Å². The Hall–Kier alpha value is -1.88. The highest BCUT2D eigenvalue weighted by atomic mass is 16.3. The molecule has 0 spiro atoms. The molecule has 4 nitrogen and oxygen atoms in total. The number of hydrogen-bond acceptors (Lipinski definition) is 4. The minimum atomic E-state index is 0.150. The molecule has 0 fully saturated rings. The fourth-order valence-corrected chi connectivity index (χ4v) is 1.13. The Labute approximate surface area is 107 Å². The Morgan fingerprint density at radius 3 is 1.83 bits per heavy atom. The fraction of sp³-hybridized carbons (Fsp3) is 0.429. The number of unbranched alkanes of at least 4 members (excludes halogenated alkanes) is 2. The van der Waals surface area contributed by atoms with Crippen molar-refractivity contribution < 1.29 is 10.2 Å². The first kappa shape index (κ1) is 14.2. The lowest BCUT2D eigenvalue weighted by molar-refractivity contribution is 0.290. The summed E-state index contributed by atoms with van der Waals surface area (Å²) in [5.74, 6) is 11.6. The molecule has 1 aromatic rings. The van der Waals surface area contributed by atoms with Gasteiger partial charge in [0, 0.05) is 26.1 Å². The highest BCUT2D eigenvalue weighted by Gasteiger charge is 1.92. The summed E-state index contributed by atoms with van der Waals surface area (Å²) in [5.41, 5.74) is 1.17. The molecule has 94 valence electrons. The van der Waals surface area contributed by atoms with Crippen molar-refractivity contribution in [2.75, 3.05) is 13.2 Å². The summed E-state index contributed by atoms with van der Waals surface area (Å²) >= 11 is 0. The number of hydrogen-bond donors (Lipinski definition) is 2. The monoisotopic (exact) mass is 244 g/mol. The van der Waals surface area contributed by atoms with Crippen molar-refractivity contribution in [1.82, 2.24) is 9.97 Å². The smallest absolute Gasteiger partial charge is 0.132 e. The predicted octanol–water partition coefficient (Wildman–Crippen LogP) is 0.725. The third-order valence-corrected chi connectivity index (χ3v) is 1.99. The molecule has 0 radical (unpaired) electrons. The molecular weight excluding hydrogens is 228 g/mol. The molecule has 0 bridgehead atoms. The second-order valence-electron chi connectivity index (χ2n) is 3.55. The molecule has 0 aliphatic heterocycles. The number of nitrogens with zero attached hydrogens (tertiary/aromatic N) is 2. The lowest BCUT2D eigenvalue weighted by atomic mass is 10.3. The maximum absolute atomic E-state index is 8.62. The molecule has 1 heterocycles. The van der Waals surface area contributed by atoms with Crippen LogP contribution in [-0.2, 0) is 0 Å². The highest BCUT2D eigenvalue weighted by Crippen LogP contribution is 1.94. The second-order valence-corrected chi connectivity index (χ2v) is 3.55. The summed E-state index contributed by atoms with van der Waals surface area (Å²) in [6, 6.07) is 0. The van der Waals surface area contributed by atoms with E-state index in [0.29, 0.717) is 37.1 Å². The fourth-order valence-electron chi connectivity index (χ4n) is 1.13. The maximum atomic E-state index is 8.62. The maximum Gasteiger partial charge on any atom is 0.132 e. The molecule has 1 aromatic heterocycles. The predicted molar refractivity (Wildman–Crippen MR) is 68.4 cm³/mol. The van der Waals surface area contributed by atoms with Crippen molar-refractivity contribution in [3.8, 4) is 23.7 Å². The topological polar surface area (TPSA) is 66.2 Å². The molecule has 0 aromatic carbocycles. The van der Waals surface area contributed by atoms with Crippen LogP contribution in [0.1, 0.15) is 37.1 Å². The van der Waals surface area contributed by atoms with Crippen molar-refractivity contribution in [3.05, 3.63) is 23.8 Å². The van der Waals surface area contributed by atoms with Crippen LogP contribution in [0.5, 0.6) is 0 Å². The van der Waals surface area contributed by atoms with Gasteiger partial charge < -0.3 is 10.2 Å². The van der Waals surface area contributed by atoms with Crippen LogP contribution in [0.3, 0.4) is 0 Å². The summed E-state index contributed by atoms with van der Waals surface area (Å²) in [6.07, 6.45) is 5.80. The van der Waals surface area contributed by atoms with Crippen LogP contribution in [0.15, 0.2) is 12.4 Å². The highest BCUT2D eigenvalue weighted by molar-refractivity contribution is 5.31. The van der Waals surface area contributed by atoms with E-state index in [4.69, 9.17) is 10.2 Å². The first-order valence-electron chi connectivity index (χ1n) is 5.88. The summed E-state index contributed by atoms with van der Waals surface area (Å²) < 4.78 is 0. The number of aromatic nitrogens is 2. The summed E-state index contributed by atoms with van der Waals surface area (Å²) in [6.45, 7) is 0.299. The third-order valence-electron chi connectivity index (χ3n) is 1.99. The van der Waals surface area contributed by atoms with E-state index in [1.165, 1.54) is 0 Å². The molecule has 0 aliphatic carbocycles. The third kappa shape index (κ3) is 6.00. The van der Waals surface area contributed by atoms with Gasteiger partial charge in [0.05, 0.1) is 12.4 Å². The van der Waals surface area contributed by atoms with E-state index < -0.39 is 0 Å². The molecule has 0 saturated heterocycles. The van der Waals surface area contributed by atoms with Gasteiger partial charge in [-0.3, -0.25) is 4.98 Å². The molecule has 0 unspecified atom stereocenters. The molecule has 1 rings (SSSR count). The van der Waals surface area contributed by atoms with Gasteiger partial charge in [-0.1, -0.05) is 11.8 Å². The van der Waals surface area contributed by atoms with E-state index in [1.807, 2.05) is 0 Å². The van der Waals surface area contributed by atoms with Crippen molar-refractivity contribution in [2.45, 2.75) is 25.7 Å². The largest absolute Gasteiger partial charge is 0.396 e. The van der Waals surface area contributed by atoms with E-state index in [-0.39, 0.29) is 13.2 Å². The van der Waals surface area contributed by atoms with E-state index in [0.717, 1.165) is 0 Å². The number of aliphatic hydroxyl groups excluding tert-OH is 2. The molecule has 2 N–H and O–H groups in total. The van der Waals surface area contributed by atoms with E-state index >= 15 is 0 Å². The Bertz CT molecular complexity index is 437. The molecule has 0 saturated carbocycles. The standard InChI is InChI=1S/C14H16N2O2/c17-9-5-1-3-7-13-11-15-12-14(16-13)8-4-2-6-10-18/h11-12,17-18H,1-2,5-6,9-10H2. The van der Waals surface area contributed by atoms with Gasteiger partial charge in [-0.2, -0.15) is 0 Å². The number of rotatable bonds is 4. The van der Waals surface area contributed by atoms with Gasteiger partial charge in [0.2, 0.25) is 0 Å². The van der Waals surface area contributed by atoms with Gasteiger partial charge in [0.15, 0.2) is 0 Å². The summed E-state index contributed by atoms with van der Waals surface area (Å²) in [7, 11) is 0. The van der Waals surface area contributed by atoms with Gasteiger partial charge in [-0.05, 0) is 24.7 Å². The molecule has 0 aliphatic rings. The van der Waals surface area contributed by atoms with Gasteiger partial charge in [-0.15, -0.1) is 0 Å². The van der Waals surface area contributed by atoms with Gasteiger partial charge in [-0.25, -0.2) is 4.98 Å². The summed E-state index contributed by atoms with van der Waals surface area (Å²) in [5, 5.41) is 17.2. The van der Waals surface area contributed by atoms with E-state index in [1.54, 1.807) is 12.4 Å². The van der Waals surface area contributed by atoms with Crippen LogP contribution < -0.4 is 0 Å². The number of aliphatic hydroxyl groups is 2. The zero-order valence-corrected chi connectivity index (χ0v) is 10.2. The van der Waals surface area contributed by atoms with Crippen LogP contribution in [-0.4, -0.2) is 33.4 Å². The molecular formula is C14H16N2O2. The van der Waals surface area contributed by atoms with Crippen molar-refractivity contribution in [2.24, 2.45) is 0 Å². The van der Waals surface area contributed by atoms with Crippen LogP contribution in [0, 0.1) is 23.7 Å². The van der Waals surface area contributed by atoms with Gasteiger partial charge >= 0.3 is 0 Å². The quantitative estimate of drug-likeness (QED) is 0.605. The van der Waals surface area contributed by atoms with Gasteiger partial charge in [0.1, 0.15) is 11.4 Å². The molecule has 0 atom stereocenters. The molecule has 18 heavy (non-hydrogen) atoms. The second kappa shape index (κ2) is 9.18. The van der Waals surface area contributed by atoms with Crippen molar-refractivity contribution >= 4 is 0 Å².